The topological polar surface area (TPSA) is 175 Å². The molecule has 0 bridgehead atoms. The quantitative estimate of drug-likeness (QED) is 0.0758. The summed E-state index contributed by atoms with van der Waals surface area (Å²) in [5.74, 6) is 1.13. The standard InChI is InChI=1S/C32H32FN5O.C29H23FN4O2.C3H9N.CH4/c1-19(2)37-18-26-27(33)16-22(17-30(26)39-5)23-8-6-9-24(20(23)3)25-10-7-11-28(21(25)4)38-32-31-29(12-13-36-32)34-14-15-35-31;1-17-20(19-14-24(30)23(16-35)27(15-19)36-3)6-4-7-21(17)22-8-5-9-25(18(22)2)34-29-28-26(10-11-33-29)31-12-13-32-28;1-3(2)4;/h6-17,19,37H,18H2,1-5H3,(H,36,38);4-16H,1-3H3,(H,33,34);3H,4H2,1-2H3;1H4. The Balaban J connectivity index is 0.000000215. The normalized spacial score (nSPS) is 10.8. The highest BCUT2D eigenvalue weighted by Gasteiger charge is 2.20. The van der Waals surface area contributed by atoms with Crippen LogP contribution < -0.4 is 31.2 Å². The monoisotopic (exact) mass is 1070 g/mol. The molecule has 410 valence electrons. The number of benzene rings is 6. The summed E-state index contributed by atoms with van der Waals surface area (Å²) in [6, 6.07) is 35.1. The van der Waals surface area contributed by atoms with E-state index in [1.807, 2.05) is 114 Å². The minimum atomic E-state index is -0.614. The number of rotatable bonds is 14. The molecule has 0 saturated carbocycles. The van der Waals surface area contributed by atoms with Crippen LogP contribution >= 0.6 is 0 Å². The summed E-state index contributed by atoms with van der Waals surface area (Å²) in [6.07, 6.45) is 10.5. The lowest BCUT2D eigenvalue weighted by molar-refractivity contribution is 0.111. The number of aldehydes is 1. The third-order valence-corrected chi connectivity index (χ3v) is 13.3. The molecule has 6 aromatic carbocycles. The van der Waals surface area contributed by atoms with Crippen molar-refractivity contribution in [2.24, 2.45) is 5.73 Å². The first kappa shape index (κ1) is 58.6. The molecule has 13 nitrogen and oxygen atoms in total. The van der Waals surface area contributed by atoms with Gasteiger partial charge in [-0.3, -0.25) is 14.8 Å². The van der Waals surface area contributed by atoms with Crippen LogP contribution in [-0.4, -0.2) is 62.5 Å². The van der Waals surface area contributed by atoms with Gasteiger partial charge in [0.1, 0.15) is 34.2 Å². The summed E-state index contributed by atoms with van der Waals surface area (Å²) in [5, 5.41) is 10.1. The zero-order valence-electron chi connectivity index (χ0n) is 46.0. The van der Waals surface area contributed by atoms with Gasteiger partial charge in [0.05, 0.1) is 30.8 Å². The molecule has 0 spiro atoms. The molecule has 10 aromatic rings. The van der Waals surface area contributed by atoms with E-state index >= 15 is 4.39 Å². The zero-order chi connectivity index (χ0) is 56.3. The molecule has 0 radical (unpaired) electrons. The molecule has 0 saturated heterocycles. The fourth-order valence-corrected chi connectivity index (χ4v) is 9.30. The number of halogens is 2. The molecule has 0 aliphatic rings. The molecule has 4 heterocycles. The maximum absolute atomic E-state index is 15.3. The van der Waals surface area contributed by atoms with Gasteiger partial charge in [0.25, 0.3) is 0 Å². The minimum Gasteiger partial charge on any atom is -0.496 e. The number of nitrogens with one attached hydrogen (secondary N) is 3. The number of carbonyl (C=O) groups is 1. The Morgan fingerprint density at radius 3 is 1.36 bits per heavy atom. The highest BCUT2D eigenvalue weighted by molar-refractivity contribution is 5.91. The number of methoxy groups -OCH3 is 2. The molecule has 15 heteroatoms. The van der Waals surface area contributed by atoms with Crippen molar-refractivity contribution in [3.05, 3.63) is 191 Å². The zero-order valence-corrected chi connectivity index (χ0v) is 46.0. The molecule has 0 amide bonds. The van der Waals surface area contributed by atoms with Crippen molar-refractivity contribution >= 4 is 51.4 Å². The van der Waals surface area contributed by atoms with Crippen molar-refractivity contribution in [2.75, 3.05) is 24.9 Å². The molecule has 0 fully saturated rings. The predicted octanol–water partition coefficient (Wildman–Crippen LogP) is 15.0. The molecule has 10 rings (SSSR count). The van der Waals surface area contributed by atoms with Gasteiger partial charge in [-0.2, -0.15) is 0 Å². The fourth-order valence-electron chi connectivity index (χ4n) is 9.30. The molecule has 0 aliphatic carbocycles. The number of fused-ring (bicyclic) bond motifs is 2. The van der Waals surface area contributed by atoms with Crippen molar-refractivity contribution in [3.63, 3.8) is 0 Å². The third-order valence-electron chi connectivity index (χ3n) is 13.3. The molecular weight excluding hydrogens is 1010 g/mol. The van der Waals surface area contributed by atoms with Crippen LogP contribution in [0.15, 0.2) is 146 Å². The van der Waals surface area contributed by atoms with Crippen LogP contribution in [0.25, 0.3) is 66.6 Å². The van der Waals surface area contributed by atoms with E-state index in [0.29, 0.717) is 58.4 Å². The second-order valence-electron chi connectivity index (χ2n) is 19.4. The number of anilines is 4. The van der Waals surface area contributed by atoms with E-state index in [1.165, 1.54) is 13.2 Å². The number of ether oxygens (including phenoxy) is 2. The van der Waals surface area contributed by atoms with Gasteiger partial charge in [-0.15, -0.1) is 0 Å². The van der Waals surface area contributed by atoms with Crippen LogP contribution in [0.1, 0.15) is 73.3 Å². The van der Waals surface area contributed by atoms with Gasteiger partial charge in [0, 0.05) is 66.7 Å². The highest BCUT2D eigenvalue weighted by Crippen LogP contribution is 2.40. The van der Waals surface area contributed by atoms with Gasteiger partial charge in [-0.05, 0) is 149 Å². The molecule has 0 atom stereocenters. The number of pyridine rings is 2. The fraction of sp³-hybridized carbons (Fsp3) is 0.215. The van der Waals surface area contributed by atoms with Crippen molar-refractivity contribution in [3.8, 4) is 56.0 Å². The maximum atomic E-state index is 15.3. The average Bonchev–Trinajstić information content (AvgIpc) is 3.45. The number of carbonyl (C=O) groups excluding carboxylic acids is 1. The number of hydrogen-bond donors (Lipinski definition) is 4. The lowest BCUT2D eigenvalue weighted by Crippen LogP contribution is -2.22. The van der Waals surface area contributed by atoms with Gasteiger partial charge in [-0.25, -0.2) is 28.7 Å². The first-order chi connectivity index (χ1) is 38.1. The van der Waals surface area contributed by atoms with E-state index in [2.05, 4.69) is 77.9 Å². The van der Waals surface area contributed by atoms with Crippen molar-refractivity contribution in [1.82, 2.24) is 35.2 Å². The van der Waals surface area contributed by atoms with E-state index in [1.54, 1.807) is 56.4 Å². The number of aromatic nitrogens is 6. The third kappa shape index (κ3) is 13.1. The molecule has 0 unspecified atom stereocenters. The van der Waals surface area contributed by atoms with E-state index in [9.17, 15) is 9.18 Å². The second kappa shape index (κ2) is 26.5. The van der Waals surface area contributed by atoms with Crippen LogP contribution in [0.4, 0.5) is 31.8 Å². The Kier molecular flexibility index (Phi) is 19.4. The Morgan fingerprint density at radius 1 is 0.525 bits per heavy atom. The lowest BCUT2D eigenvalue weighted by atomic mass is 9.90. The van der Waals surface area contributed by atoms with Gasteiger partial charge < -0.3 is 31.2 Å². The Hall–Kier alpha value is -9.05. The van der Waals surface area contributed by atoms with Crippen molar-refractivity contribution in [1.29, 1.82) is 0 Å². The van der Waals surface area contributed by atoms with Crippen LogP contribution in [0.3, 0.4) is 0 Å². The van der Waals surface area contributed by atoms with Gasteiger partial charge in [-0.1, -0.05) is 95.8 Å². The highest BCUT2D eigenvalue weighted by atomic mass is 19.1. The number of nitrogens with zero attached hydrogens (tertiary/aromatic N) is 6. The summed E-state index contributed by atoms with van der Waals surface area (Å²) >= 11 is 0. The number of hydrogen-bond acceptors (Lipinski definition) is 13. The minimum absolute atomic E-state index is 0. The Bertz CT molecular complexity index is 3800. The van der Waals surface area contributed by atoms with Crippen LogP contribution in [-0.2, 0) is 6.54 Å². The first-order valence-corrected chi connectivity index (χ1v) is 25.9. The first-order valence-electron chi connectivity index (χ1n) is 25.9. The molecule has 80 heavy (non-hydrogen) atoms. The molecular formula is C65H68F2N10O3. The van der Waals surface area contributed by atoms with Gasteiger partial charge >= 0.3 is 0 Å². The lowest BCUT2D eigenvalue weighted by Gasteiger charge is -2.18. The van der Waals surface area contributed by atoms with Crippen molar-refractivity contribution in [2.45, 2.75) is 81.4 Å². The second-order valence-corrected chi connectivity index (χ2v) is 19.4. The smallest absolute Gasteiger partial charge is 0.158 e. The van der Waals surface area contributed by atoms with Crippen molar-refractivity contribution < 1.29 is 23.0 Å². The SMILES string of the molecule is C.CC(C)N.COc1cc(-c2cccc(-c3cccc(Nc4nccc5nccnc45)c3C)c2C)cc(F)c1C=O.COc1cc(-c2cccc(-c3cccc(Nc4nccc5nccnc45)c3C)c2C)cc(F)c1CNC(C)C. The van der Waals surface area contributed by atoms with E-state index in [0.717, 1.165) is 83.6 Å². The van der Waals surface area contributed by atoms with E-state index in [4.69, 9.17) is 15.2 Å². The average molecular weight is 1080 g/mol. The van der Waals surface area contributed by atoms with Crippen LogP contribution in [0, 0.1) is 39.3 Å². The summed E-state index contributed by atoms with van der Waals surface area (Å²) < 4.78 is 40.8. The molecule has 5 N–H and O–H groups in total. The largest absolute Gasteiger partial charge is 0.496 e. The molecule has 4 aromatic heterocycles. The summed E-state index contributed by atoms with van der Waals surface area (Å²) in [7, 11) is 3.01. The van der Waals surface area contributed by atoms with Crippen LogP contribution in [0.2, 0.25) is 0 Å². The summed E-state index contributed by atoms with van der Waals surface area (Å²) in [6.45, 7) is 16.6. The van der Waals surface area contributed by atoms with Gasteiger partial charge in [0.2, 0.25) is 0 Å². The predicted molar refractivity (Wildman–Crippen MR) is 321 cm³/mol. The maximum Gasteiger partial charge on any atom is 0.158 e. The Labute approximate surface area is 467 Å². The van der Waals surface area contributed by atoms with Gasteiger partial charge in [0.15, 0.2) is 17.9 Å². The molecule has 0 aliphatic heterocycles. The summed E-state index contributed by atoms with van der Waals surface area (Å²) in [5.41, 5.74) is 21.9. The van der Waals surface area contributed by atoms with Crippen LogP contribution in [0.5, 0.6) is 11.5 Å². The van der Waals surface area contributed by atoms with E-state index in [-0.39, 0.29) is 30.6 Å². The number of nitrogens with two attached hydrogens (primary N) is 1. The summed E-state index contributed by atoms with van der Waals surface area (Å²) in [4.78, 5) is 37.9. The Morgan fingerprint density at radius 2 is 0.925 bits per heavy atom. The van der Waals surface area contributed by atoms with E-state index < -0.39 is 5.82 Å².